The second-order valence-corrected chi connectivity index (χ2v) is 2.92. The fourth-order valence-corrected chi connectivity index (χ4v) is 1.10. The summed E-state index contributed by atoms with van der Waals surface area (Å²) in [5.74, 6) is -0.815. The van der Waals surface area contributed by atoms with E-state index in [0.717, 1.165) is 0 Å². The first-order valence-corrected chi connectivity index (χ1v) is 4.29. The summed E-state index contributed by atoms with van der Waals surface area (Å²) in [4.78, 5) is 10.9. The summed E-state index contributed by atoms with van der Waals surface area (Å²) < 4.78 is 13.1. The molecule has 4 heteroatoms. The number of hydrogen-bond donors (Lipinski definition) is 1. The first kappa shape index (κ1) is 9.99. The number of rotatable bonds is 3. The molecule has 2 N–H and O–H groups in total. The van der Waals surface area contributed by atoms with Gasteiger partial charge >= 0.3 is 0 Å². The second-order valence-electron chi connectivity index (χ2n) is 2.66. The van der Waals surface area contributed by atoms with Crippen LogP contribution in [0.2, 0.25) is 0 Å². The molecule has 0 aliphatic carbocycles. The van der Waals surface area contributed by atoms with Gasteiger partial charge in [0.15, 0.2) is 5.78 Å². The lowest BCUT2D eigenvalue weighted by atomic mass is 10.1. The molecule has 0 aliphatic rings. The van der Waals surface area contributed by atoms with Gasteiger partial charge in [-0.05, 0) is 12.1 Å². The number of anilines is 1. The second kappa shape index (κ2) is 4.23. The normalized spacial score (nSPS) is 10.0. The molecule has 1 rings (SSSR count). The van der Waals surface area contributed by atoms with E-state index in [-0.39, 0.29) is 23.6 Å². The molecule has 0 radical (unpaired) electrons. The molecule has 13 heavy (non-hydrogen) atoms. The predicted molar refractivity (Wildman–Crippen MR) is 50.2 cm³/mol. The van der Waals surface area contributed by atoms with Gasteiger partial charge in [0.05, 0.1) is 5.88 Å². The number of hydrogen-bond acceptors (Lipinski definition) is 2. The fraction of sp³-hybridized carbons (Fsp3) is 0.222. The van der Waals surface area contributed by atoms with E-state index in [1.165, 1.54) is 12.1 Å². The van der Waals surface area contributed by atoms with Crippen LogP contribution in [0.5, 0.6) is 0 Å². The Bertz CT molecular complexity index is 307. The van der Waals surface area contributed by atoms with Crippen LogP contribution in [0.3, 0.4) is 0 Å². The molecule has 2 nitrogen and oxygen atoms in total. The standard InChI is InChI=1S/C9H9ClFNO/c10-5-6(13)4-7-8(11)2-1-3-9(7)12/h1-3H,4-5,12H2. The molecule has 1 aromatic rings. The number of alkyl halides is 1. The lowest BCUT2D eigenvalue weighted by molar-refractivity contribution is -0.116. The fourth-order valence-electron chi connectivity index (χ4n) is 1.01. The van der Waals surface area contributed by atoms with Crippen molar-refractivity contribution in [2.75, 3.05) is 11.6 Å². The summed E-state index contributed by atoms with van der Waals surface area (Å²) in [5.41, 5.74) is 6.01. The number of ketones is 1. The highest BCUT2D eigenvalue weighted by Crippen LogP contribution is 2.16. The summed E-state index contributed by atoms with van der Waals surface area (Å²) in [5, 5.41) is 0. The molecule has 0 saturated carbocycles. The highest BCUT2D eigenvalue weighted by atomic mass is 35.5. The number of carbonyl (C=O) groups excluding carboxylic acids is 1. The van der Waals surface area contributed by atoms with Crippen LogP contribution in [0.25, 0.3) is 0 Å². The van der Waals surface area contributed by atoms with Gasteiger partial charge in [0, 0.05) is 17.7 Å². The van der Waals surface area contributed by atoms with Crippen molar-refractivity contribution in [1.29, 1.82) is 0 Å². The quantitative estimate of drug-likeness (QED) is 0.598. The molecule has 70 valence electrons. The number of Topliss-reactive ketones (excluding diaryl/α,β-unsaturated/α-hetero) is 1. The van der Waals surface area contributed by atoms with Gasteiger partial charge in [-0.25, -0.2) is 4.39 Å². The van der Waals surface area contributed by atoms with Crippen LogP contribution in [-0.2, 0) is 11.2 Å². The van der Waals surface area contributed by atoms with E-state index in [0.29, 0.717) is 5.69 Å². The Morgan fingerprint density at radius 2 is 2.23 bits per heavy atom. The van der Waals surface area contributed by atoms with E-state index in [2.05, 4.69) is 0 Å². The third-order valence-corrected chi connectivity index (χ3v) is 1.98. The molecule has 0 bridgehead atoms. The maximum Gasteiger partial charge on any atom is 0.152 e. The minimum absolute atomic E-state index is 0.0397. The van der Waals surface area contributed by atoms with E-state index in [9.17, 15) is 9.18 Å². The number of carbonyl (C=O) groups is 1. The average molecular weight is 202 g/mol. The van der Waals surface area contributed by atoms with Crippen LogP contribution in [0.4, 0.5) is 10.1 Å². The van der Waals surface area contributed by atoms with Crippen molar-refractivity contribution in [2.24, 2.45) is 0 Å². The molecule has 0 aromatic heterocycles. The molecule has 0 atom stereocenters. The Hall–Kier alpha value is -1.09. The zero-order valence-electron chi connectivity index (χ0n) is 6.89. The van der Waals surface area contributed by atoms with E-state index < -0.39 is 5.82 Å². The number of benzene rings is 1. The minimum atomic E-state index is -0.460. The lowest BCUT2D eigenvalue weighted by Gasteiger charge is -2.04. The number of nitrogens with two attached hydrogens (primary N) is 1. The first-order valence-electron chi connectivity index (χ1n) is 3.75. The molecule has 0 heterocycles. The van der Waals surface area contributed by atoms with E-state index >= 15 is 0 Å². The summed E-state index contributed by atoms with van der Waals surface area (Å²) in [6.07, 6.45) is -0.0397. The first-order chi connectivity index (χ1) is 6.15. The van der Waals surface area contributed by atoms with Crippen LogP contribution in [0.1, 0.15) is 5.56 Å². The Labute approximate surface area is 80.5 Å². The van der Waals surface area contributed by atoms with Crippen molar-refractivity contribution in [2.45, 2.75) is 6.42 Å². The molecular weight excluding hydrogens is 193 g/mol. The van der Waals surface area contributed by atoms with Crippen molar-refractivity contribution < 1.29 is 9.18 Å². The molecule has 0 spiro atoms. The topological polar surface area (TPSA) is 43.1 Å². The number of halogens is 2. The van der Waals surface area contributed by atoms with Gasteiger partial charge in [-0.2, -0.15) is 0 Å². The van der Waals surface area contributed by atoms with Crippen molar-refractivity contribution in [1.82, 2.24) is 0 Å². The van der Waals surface area contributed by atoms with Gasteiger partial charge in [-0.1, -0.05) is 6.07 Å². The smallest absolute Gasteiger partial charge is 0.152 e. The van der Waals surface area contributed by atoms with Gasteiger partial charge in [0.25, 0.3) is 0 Å². The Balaban J connectivity index is 2.93. The summed E-state index contributed by atoms with van der Waals surface area (Å²) in [6, 6.07) is 4.33. The van der Waals surface area contributed by atoms with Crippen molar-refractivity contribution in [3.05, 3.63) is 29.6 Å². The predicted octanol–water partition coefficient (Wildman–Crippen LogP) is 1.76. The van der Waals surface area contributed by atoms with Gasteiger partial charge in [-0.15, -0.1) is 11.6 Å². The average Bonchev–Trinajstić information content (AvgIpc) is 2.11. The summed E-state index contributed by atoms with van der Waals surface area (Å²) >= 11 is 5.29. The zero-order valence-corrected chi connectivity index (χ0v) is 7.64. The summed E-state index contributed by atoms with van der Waals surface area (Å²) in [6.45, 7) is 0. The maximum atomic E-state index is 13.1. The zero-order chi connectivity index (χ0) is 9.84. The monoisotopic (exact) mass is 201 g/mol. The SMILES string of the molecule is Nc1cccc(F)c1CC(=O)CCl. The van der Waals surface area contributed by atoms with E-state index in [1.54, 1.807) is 6.07 Å². The van der Waals surface area contributed by atoms with Crippen molar-refractivity contribution in [3.63, 3.8) is 0 Å². The van der Waals surface area contributed by atoms with Crippen LogP contribution in [-0.4, -0.2) is 11.7 Å². The lowest BCUT2D eigenvalue weighted by Crippen LogP contribution is -2.08. The molecule has 1 aromatic carbocycles. The van der Waals surface area contributed by atoms with Gasteiger partial charge in [0.2, 0.25) is 0 Å². The maximum absolute atomic E-state index is 13.1. The van der Waals surface area contributed by atoms with Crippen LogP contribution < -0.4 is 5.73 Å². The van der Waals surface area contributed by atoms with Crippen molar-refractivity contribution in [3.8, 4) is 0 Å². The van der Waals surface area contributed by atoms with Gasteiger partial charge in [0.1, 0.15) is 5.82 Å². The van der Waals surface area contributed by atoms with Crippen LogP contribution in [0, 0.1) is 5.82 Å². The largest absolute Gasteiger partial charge is 0.398 e. The van der Waals surface area contributed by atoms with Gasteiger partial charge in [-0.3, -0.25) is 4.79 Å². The van der Waals surface area contributed by atoms with E-state index in [1.807, 2.05) is 0 Å². The highest BCUT2D eigenvalue weighted by Gasteiger charge is 2.09. The molecule has 0 fully saturated rings. The summed E-state index contributed by atoms with van der Waals surface area (Å²) in [7, 11) is 0. The number of nitrogen functional groups attached to an aromatic ring is 1. The third kappa shape index (κ3) is 2.42. The molecule has 0 amide bonds. The third-order valence-electron chi connectivity index (χ3n) is 1.68. The Kier molecular flexibility index (Phi) is 3.25. The van der Waals surface area contributed by atoms with Crippen LogP contribution in [0.15, 0.2) is 18.2 Å². The molecule has 0 aliphatic heterocycles. The molecular formula is C9H9ClFNO. The minimum Gasteiger partial charge on any atom is -0.398 e. The highest BCUT2D eigenvalue weighted by molar-refractivity contribution is 6.27. The molecule has 0 saturated heterocycles. The van der Waals surface area contributed by atoms with E-state index in [4.69, 9.17) is 17.3 Å². The Morgan fingerprint density at radius 3 is 2.77 bits per heavy atom. The molecule has 0 unspecified atom stereocenters. The Morgan fingerprint density at radius 1 is 1.54 bits per heavy atom. The van der Waals surface area contributed by atoms with Crippen molar-refractivity contribution >= 4 is 23.1 Å². The van der Waals surface area contributed by atoms with Crippen LogP contribution >= 0.6 is 11.6 Å². The van der Waals surface area contributed by atoms with Gasteiger partial charge < -0.3 is 5.73 Å².